The standard InChI is InChI=1S/C14H21F2N/c1-3-5-6-12(4-2)17-10-11-7-8-13(15)14(16)9-11/h7-9,12,17H,3-6,10H2,1-2H3. The summed E-state index contributed by atoms with van der Waals surface area (Å²) in [4.78, 5) is 0. The molecular formula is C14H21F2N. The average Bonchev–Trinajstić information content (AvgIpc) is 2.34. The van der Waals surface area contributed by atoms with Crippen LogP contribution in [0.3, 0.4) is 0 Å². The van der Waals surface area contributed by atoms with E-state index in [9.17, 15) is 8.78 Å². The van der Waals surface area contributed by atoms with Gasteiger partial charge in [-0.1, -0.05) is 32.8 Å². The number of unbranched alkanes of at least 4 members (excludes halogenated alkanes) is 1. The van der Waals surface area contributed by atoms with E-state index < -0.39 is 11.6 Å². The highest BCUT2D eigenvalue weighted by atomic mass is 19.2. The molecule has 0 aromatic heterocycles. The van der Waals surface area contributed by atoms with Gasteiger partial charge in [0.05, 0.1) is 0 Å². The number of hydrogen-bond donors (Lipinski definition) is 1. The summed E-state index contributed by atoms with van der Waals surface area (Å²) in [5, 5.41) is 3.38. The van der Waals surface area contributed by atoms with Gasteiger partial charge in [0.15, 0.2) is 11.6 Å². The molecule has 1 aromatic carbocycles. The number of rotatable bonds is 7. The minimum absolute atomic E-state index is 0.461. The molecule has 0 radical (unpaired) electrons. The molecule has 1 rings (SSSR count). The summed E-state index contributed by atoms with van der Waals surface area (Å²) < 4.78 is 25.7. The highest BCUT2D eigenvalue weighted by Crippen LogP contribution is 2.10. The Morgan fingerprint density at radius 3 is 2.53 bits per heavy atom. The van der Waals surface area contributed by atoms with Gasteiger partial charge in [-0.15, -0.1) is 0 Å². The van der Waals surface area contributed by atoms with Crippen LogP contribution < -0.4 is 5.32 Å². The molecule has 0 fully saturated rings. The van der Waals surface area contributed by atoms with Crippen LogP contribution in [0.25, 0.3) is 0 Å². The van der Waals surface area contributed by atoms with Crippen LogP contribution in [-0.2, 0) is 6.54 Å². The van der Waals surface area contributed by atoms with Crippen molar-refractivity contribution in [2.75, 3.05) is 0 Å². The zero-order valence-electron chi connectivity index (χ0n) is 10.6. The molecule has 96 valence electrons. The smallest absolute Gasteiger partial charge is 0.159 e. The molecule has 0 bridgehead atoms. The SMILES string of the molecule is CCCCC(CC)NCc1ccc(F)c(F)c1. The van der Waals surface area contributed by atoms with Crippen LogP contribution in [0.4, 0.5) is 8.78 Å². The second-order valence-corrected chi connectivity index (χ2v) is 4.38. The number of benzene rings is 1. The van der Waals surface area contributed by atoms with E-state index in [2.05, 4.69) is 19.2 Å². The molecule has 0 heterocycles. The molecule has 1 aromatic rings. The van der Waals surface area contributed by atoms with Crippen molar-refractivity contribution in [2.24, 2.45) is 0 Å². The molecule has 1 N–H and O–H groups in total. The number of hydrogen-bond acceptors (Lipinski definition) is 1. The summed E-state index contributed by atoms with van der Waals surface area (Å²) in [6.45, 7) is 4.90. The molecule has 1 atom stereocenters. The molecule has 0 aliphatic carbocycles. The first-order valence-electron chi connectivity index (χ1n) is 6.34. The van der Waals surface area contributed by atoms with Crippen molar-refractivity contribution in [1.29, 1.82) is 0 Å². The van der Waals surface area contributed by atoms with Crippen molar-refractivity contribution in [1.82, 2.24) is 5.32 Å². The fourth-order valence-corrected chi connectivity index (χ4v) is 1.81. The van der Waals surface area contributed by atoms with E-state index in [0.717, 1.165) is 18.4 Å². The monoisotopic (exact) mass is 241 g/mol. The second kappa shape index (κ2) is 7.38. The maximum absolute atomic E-state index is 13.0. The predicted molar refractivity (Wildman–Crippen MR) is 66.8 cm³/mol. The van der Waals surface area contributed by atoms with E-state index in [4.69, 9.17) is 0 Å². The van der Waals surface area contributed by atoms with Crippen molar-refractivity contribution >= 4 is 0 Å². The predicted octanol–water partition coefficient (Wildman–Crippen LogP) is 4.02. The molecule has 1 nitrogen and oxygen atoms in total. The van der Waals surface area contributed by atoms with Gasteiger partial charge < -0.3 is 5.32 Å². The van der Waals surface area contributed by atoms with Gasteiger partial charge in [-0.3, -0.25) is 0 Å². The molecule has 17 heavy (non-hydrogen) atoms. The van der Waals surface area contributed by atoms with Crippen molar-refractivity contribution in [3.8, 4) is 0 Å². The summed E-state index contributed by atoms with van der Waals surface area (Å²) in [6, 6.07) is 4.52. The van der Waals surface area contributed by atoms with Crippen molar-refractivity contribution in [3.63, 3.8) is 0 Å². The van der Waals surface area contributed by atoms with Gasteiger partial charge in [0.25, 0.3) is 0 Å². The van der Waals surface area contributed by atoms with Gasteiger partial charge in [-0.25, -0.2) is 8.78 Å². The van der Waals surface area contributed by atoms with Gasteiger partial charge in [-0.2, -0.15) is 0 Å². The summed E-state index contributed by atoms with van der Waals surface area (Å²) in [7, 11) is 0. The van der Waals surface area contributed by atoms with Gasteiger partial charge in [0.1, 0.15) is 0 Å². The minimum atomic E-state index is -0.785. The summed E-state index contributed by atoms with van der Waals surface area (Å²) >= 11 is 0. The van der Waals surface area contributed by atoms with E-state index in [-0.39, 0.29) is 0 Å². The summed E-state index contributed by atoms with van der Waals surface area (Å²) in [6.07, 6.45) is 4.58. The Labute approximate surface area is 102 Å². The Balaban J connectivity index is 2.45. The Hall–Kier alpha value is -0.960. The second-order valence-electron chi connectivity index (χ2n) is 4.38. The van der Waals surface area contributed by atoms with Crippen LogP contribution in [0.2, 0.25) is 0 Å². The van der Waals surface area contributed by atoms with Gasteiger partial charge >= 0.3 is 0 Å². The summed E-state index contributed by atoms with van der Waals surface area (Å²) in [5.41, 5.74) is 0.791. The number of nitrogens with one attached hydrogen (secondary N) is 1. The quantitative estimate of drug-likeness (QED) is 0.760. The van der Waals surface area contributed by atoms with Gasteiger partial charge in [-0.05, 0) is 30.5 Å². The Morgan fingerprint density at radius 1 is 1.18 bits per heavy atom. The zero-order valence-corrected chi connectivity index (χ0v) is 10.6. The zero-order chi connectivity index (χ0) is 12.7. The fourth-order valence-electron chi connectivity index (χ4n) is 1.81. The molecule has 0 saturated heterocycles. The lowest BCUT2D eigenvalue weighted by Gasteiger charge is -2.16. The minimum Gasteiger partial charge on any atom is -0.310 e. The highest BCUT2D eigenvalue weighted by Gasteiger charge is 2.06. The van der Waals surface area contributed by atoms with Crippen LogP contribution >= 0.6 is 0 Å². The maximum Gasteiger partial charge on any atom is 0.159 e. The third kappa shape index (κ3) is 4.82. The number of halogens is 2. The van der Waals surface area contributed by atoms with Crippen LogP contribution in [0.1, 0.15) is 45.1 Å². The first-order chi connectivity index (χ1) is 8.17. The third-order valence-corrected chi connectivity index (χ3v) is 2.98. The van der Waals surface area contributed by atoms with Gasteiger partial charge in [0.2, 0.25) is 0 Å². The normalized spacial score (nSPS) is 12.7. The lowest BCUT2D eigenvalue weighted by atomic mass is 10.1. The molecule has 0 amide bonds. The van der Waals surface area contributed by atoms with E-state index in [1.807, 2.05) is 0 Å². The Morgan fingerprint density at radius 2 is 1.94 bits per heavy atom. The van der Waals surface area contributed by atoms with Crippen LogP contribution in [-0.4, -0.2) is 6.04 Å². The molecule has 0 aliphatic heterocycles. The molecule has 0 spiro atoms. The highest BCUT2D eigenvalue weighted by molar-refractivity contribution is 5.17. The van der Waals surface area contributed by atoms with Crippen LogP contribution in [0.15, 0.2) is 18.2 Å². The molecule has 1 unspecified atom stereocenters. The summed E-state index contributed by atoms with van der Waals surface area (Å²) in [5.74, 6) is -1.56. The van der Waals surface area contributed by atoms with Crippen molar-refractivity contribution in [3.05, 3.63) is 35.4 Å². The van der Waals surface area contributed by atoms with E-state index in [0.29, 0.717) is 12.6 Å². The van der Waals surface area contributed by atoms with E-state index >= 15 is 0 Å². The average molecular weight is 241 g/mol. The van der Waals surface area contributed by atoms with Crippen LogP contribution in [0, 0.1) is 11.6 Å². The first kappa shape index (κ1) is 14.1. The molecule has 0 aliphatic rings. The van der Waals surface area contributed by atoms with Gasteiger partial charge in [0, 0.05) is 12.6 Å². The van der Waals surface area contributed by atoms with E-state index in [1.165, 1.54) is 25.0 Å². The van der Waals surface area contributed by atoms with Crippen LogP contribution in [0.5, 0.6) is 0 Å². The Bertz CT molecular complexity index is 339. The topological polar surface area (TPSA) is 12.0 Å². The third-order valence-electron chi connectivity index (χ3n) is 2.98. The molecular weight excluding hydrogens is 220 g/mol. The maximum atomic E-state index is 13.0. The first-order valence-corrected chi connectivity index (χ1v) is 6.34. The molecule has 3 heteroatoms. The molecule has 0 saturated carbocycles. The lowest BCUT2D eigenvalue weighted by Crippen LogP contribution is -2.27. The van der Waals surface area contributed by atoms with Crippen molar-refractivity contribution < 1.29 is 8.78 Å². The Kier molecular flexibility index (Phi) is 6.12. The lowest BCUT2D eigenvalue weighted by molar-refractivity contribution is 0.450. The fraction of sp³-hybridized carbons (Fsp3) is 0.571. The van der Waals surface area contributed by atoms with E-state index in [1.54, 1.807) is 6.07 Å². The van der Waals surface area contributed by atoms with Crippen molar-refractivity contribution in [2.45, 2.75) is 52.1 Å². The largest absolute Gasteiger partial charge is 0.310 e.